The van der Waals surface area contributed by atoms with Crippen LogP contribution in [0, 0.1) is 11.3 Å². The average Bonchev–Trinajstić information content (AvgIpc) is 2.61. The lowest BCUT2D eigenvalue weighted by Crippen LogP contribution is -1.72. The summed E-state index contributed by atoms with van der Waals surface area (Å²) in [5.74, 6) is 0. The van der Waals surface area contributed by atoms with Crippen LogP contribution >= 0.6 is 22.9 Å². The van der Waals surface area contributed by atoms with Gasteiger partial charge in [-0.2, -0.15) is 5.26 Å². The lowest BCUT2D eigenvalue weighted by atomic mass is 10.1. The molecule has 14 heavy (non-hydrogen) atoms. The molecule has 0 atom stereocenters. The fourth-order valence-electron chi connectivity index (χ4n) is 1.30. The molecule has 0 N–H and O–H groups in total. The minimum atomic E-state index is 0.505. The van der Waals surface area contributed by atoms with Gasteiger partial charge in [0, 0.05) is 27.1 Å². The van der Waals surface area contributed by atoms with E-state index in [0.29, 0.717) is 5.03 Å². The van der Waals surface area contributed by atoms with Crippen LogP contribution in [0.2, 0.25) is 0 Å². The number of benzene rings is 1. The zero-order valence-electron chi connectivity index (χ0n) is 7.20. The van der Waals surface area contributed by atoms with Gasteiger partial charge in [-0.25, -0.2) is 0 Å². The van der Waals surface area contributed by atoms with E-state index in [9.17, 15) is 0 Å². The highest BCUT2D eigenvalue weighted by Gasteiger charge is 2.05. The first-order chi connectivity index (χ1) is 6.83. The molecule has 68 valence electrons. The smallest absolute Gasteiger partial charge is 0.0927 e. The van der Waals surface area contributed by atoms with Crippen LogP contribution in [-0.4, -0.2) is 0 Å². The monoisotopic (exact) mass is 219 g/mol. The maximum Gasteiger partial charge on any atom is 0.0927 e. The van der Waals surface area contributed by atoms with Crippen molar-refractivity contribution in [2.75, 3.05) is 0 Å². The number of hydrogen-bond donors (Lipinski definition) is 0. The Morgan fingerprint density at radius 2 is 2.21 bits per heavy atom. The molecule has 1 aromatic heterocycles. The predicted molar refractivity (Wildman–Crippen MR) is 61.3 cm³/mol. The van der Waals surface area contributed by atoms with Crippen molar-refractivity contribution in [1.82, 2.24) is 0 Å². The summed E-state index contributed by atoms with van der Waals surface area (Å²) in [6.45, 7) is 0. The van der Waals surface area contributed by atoms with Gasteiger partial charge in [-0.05, 0) is 6.07 Å². The number of halogens is 1. The molecule has 0 aliphatic heterocycles. The maximum atomic E-state index is 8.50. The van der Waals surface area contributed by atoms with Crippen molar-refractivity contribution in [3.8, 4) is 6.07 Å². The molecule has 1 nitrogen and oxygen atoms in total. The van der Waals surface area contributed by atoms with Crippen molar-refractivity contribution < 1.29 is 0 Å². The minimum absolute atomic E-state index is 0.505. The summed E-state index contributed by atoms with van der Waals surface area (Å²) in [5.41, 5.74) is 0.939. The summed E-state index contributed by atoms with van der Waals surface area (Å²) in [5, 5.41) is 12.1. The zero-order chi connectivity index (χ0) is 9.97. The van der Waals surface area contributed by atoms with Gasteiger partial charge in [-0.1, -0.05) is 29.8 Å². The van der Waals surface area contributed by atoms with Gasteiger partial charge in [0.15, 0.2) is 0 Å². The standard InChI is InChI=1S/C11H6ClNS/c12-10(5-6-13)9-7-14-11-4-2-1-3-8(9)11/h1-5,7H. The van der Waals surface area contributed by atoms with Crippen molar-refractivity contribution in [3.05, 3.63) is 41.3 Å². The second kappa shape index (κ2) is 3.83. The lowest BCUT2D eigenvalue weighted by Gasteiger charge is -1.94. The molecule has 0 saturated heterocycles. The van der Waals surface area contributed by atoms with Gasteiger partial charge < -0.3 is 0 Å². The van der Waals surface area contributed by atoms with Gasteiger partial charge in [0.1, 0.15) is 0 Å². The fraction of sp³-hybridized carbons (Fsp3) is 0. The summed E-state index contributed by atoms with van der Waals surface area (Å²) in [6, 6.07) is 9.94. The molecular weight excluding hydrogens is 214 g/mol. The molecule has 0 aliphatic rings. The highest BCUT2D eigenvalue weighted by Crippen LogP contribution is 2.32. The first-order valence-corrected chi connectivity index (χ1v) is 5.30. The van der Waals surface area contributed by atoms with Crippen LogP contribution in [0.15, 0.2) is 35.7 Å². The number of allylic oxidation sites excluding steroid dienone is 1. The molecule has 1 aromatic carbocycles. The number of thiophene rings is 1. The van der Waals surface area contributed by atoms with E-state index in [1.54, 1.807) is 11.3 Å². The van der Waals surface area contributed by atoms with E-state index in [1.165, 1.54) is 10.8 Å². The first-order valence-electron chi connectivity index (χ1n) is 4.05. The Hall–Kier alpha value is -1.30. The highest BCUT2D eigenvalue weighted by molar-refractivity contribution is 7.17. The molecule has 2 rings (SSSR count). The Morgan fingerprint density at radius 3 is 3.00 bits per heavy atom. The van der Waals surface area contributed by atoms with Gasteiger partial charge in [0.05, 0.1) is 11.1 Å². The maximum absolute atomic E-state index is 8.50. The van der Waals surface area contributed by atoms with Crippen molar-refractivity contribution in [1.29, 1.82) is 5.26 Å². The highest BCUT2D eigenvalue weighted by atomic mass is 35.5. The number of hydrogen-bond acceptors (Lipinski definition) is 2. The van der Waals surface area contributed by atoms with Gasteiger partial charge in [-0.15, -0.1) is 11.3 Å². The predicted octanol–water partition coefficient (Wildman–Crippen LogP) is 4.00. The van der Waals surface area contributed by atoms with Gasteiger partial charge in [0.2, 0.25) is 0 Å². The van der Waals surface area contributed by atoms with E-state index in [4.69, 9.17) is 16.9 Å². The molecule has 0 bridgehead atoms. The molecule has 0 amide bonds. The van der Waals surface area contributed by atoms with Crippen LogP contribution in [0.5, 0.6) is 0 Å². The first kappa shape index (κ1) is 9.26. The van der Waals surface area contributed by atoms with Crippen molar-refractivity contribution >= 4 is 38.1 Å². The van der Waals surface area contributed by atoms with Crippen LogP contribution in [0.25, 0.3) is 15.1 Å². The zero-order valence-corrected chi connectivity index (χ0v) is 8.77. The average molecular weight is 220 g/mol. The molecule has 0 unspecified atom stereocenters. The van der Waals surface area contributed by atoms with Crippen LogP contribution in [0.3, 0.4) is 0 Å². The van der Waals surface area contributed by atoms with E-state index in [2.05, 4.69) is 0 Å². The van der Waals surface area contributed by atoms with Crippen LogP contribution in [0.1, 0.15) is 5.56 Å². The molecule has 0 saturated carbocycles. The SMILES string of the molecule is N#CC=C(Cl)c1csc2ccccc12. The van der Waals surface area contributed by atoms with Gasteiger partial charge in [-0.3, -0.25) is 0 Å². The van der Waals surface area contributed by atoms with Crippen LogP contribution in [-0.2, 0) is 0 Å². The molecule has 2 aromatic rings. The minimum Gasteiger partial charge on any atom is -0.193 e. The summed E-state index contributed by atoms with van der Waals surface area (Å²) < 4.78 is 1.19. The van der Waals surface area contributed by atoms with E-state index < -0.39 is 0 Å². The lowest BCUT2D eigenvalue weighted by molar-refractivity contribution is 1.54. The second-order valence-corrected chi connectivity index (χ2v) is 4.09. The summed E-state index contributed by atoms with van der Waals surface area (Å²) >= 11 is 7.61. The fourth-order valence-corrected chi connectivity index (χ4v) is 2.53. The third-order valence-electron chi connectivity index (χ3n) is 1.93. The molecule has 0 radical (unpaired) electrons. The van der Waals surface area contributed by atoms with Crippen molar-refractivity contribution in [2.24, 2.45) is 0 Å². The topological polar surface area (TPSA) is 23.8 Å². The summed E-state index contributed by atoms with van der Waals surface area (Å²) in [6.07, 6.45) is 1.36. The van der Waals surface area contributed by atoms with E-state index in [1.807, 2.05) is 35.7 Å². The number of rotatable bonds is 1. The molecular formula is C11H6ClNS. The quantitative estimate of drug-likeness (QED) is 0.665. The Labute approximate surface area is 90.9 Å². The molecule has 0 fully saturated rings. The normalized spacial score (nSPS) is 11.6. The third-order valence-corrected chi connectivity index (χ3v) is 3.21. The molecule has 3 heteroatoms. The van der Waals surface area contributed by atoms with Crippen molar-refractivity contribution in [3.63, 3.8) is 0 Å². The van der Waals surface area contributed by atoms with Gasteiger partial charge in [0.25, 0.3) is 0 Å². The van der Waals surface area contributed by atoms with Crippen molar-refractivity contribution in [2.45, 2.75) is 0 Å². The van der Waals surface area contributed by atoms with Crippen LogP contribution in [0.4, 0.5) is 0 Å². The number of nitrogens with zero attached hydrogens (tertiary/aromatic N) is 1. The van der Waals surface area contributed by atoms with E-state index >= 15 is 0 Å². The molecule has 0 aliphatic carbocycles. The number of nitriles is 1. The molecule has 1 heterocycles. The Morgan fingerprint density at radius 1 is 1.43 bits per heavy atom. The Bertz CT molecular complexity index is 533. The Balaban J connectivity index is 2.65. The second-order valence-electron chi connectivity index (χ2n) is 2.77. The molecule has 0 spiro atoms. The van der Waals surface area contributed by atoms with Crippen LogP contribution < -0.4 is 0 Å². The summed E-state index contributed by atoms with van der Waals surface area (Å²) in [7, 11) is 0. The van der Waals surface area contributed by atoms with E-state index in [-0.39, 0.29) is 0 Å². The summed E-state index contributed by atoms with van der Waals surface area (Å²) in [4.78, 5) is 0. The number of fused-ring (bicyclic) bond motifs is 1. The third kappa shape index (κ3) is 1.52. The largest absolute Gasteiger partial charge is 0.193 e. The van der Waals surface area contributed by atoms with Gasteiger partial charge >= 0.3 is 0 Å². The van der Waals surface area contributed by atoms with E-state index in [0.717, 1.165) is 10.9 Å². The Kier molecular flexibility index (Phi) is 2.53.